The predicted octanol–water partition coefficient (Wildman–Crippen LogP) is 3.31. The molecule has 4 aromatic rings. The number of aromatic amines is 1. The number of aromatic nitrogens is 4. The van der Waals surface area contributed by atoms with Gasteiger partial charge in [-0.2, -0.15) is 4.39 Å². The van der Waals surface area contributed by atoms with Crippen molar-refractivity contribution in [2.75, 3.05) is 0 Å². The largest absolute Gasteiger partial charge is 0.338 e. The van der Waals surface area contributed by atoms with E-state index in [1.54, 1.807) is 18.5 Å². The zero-order chi connectivity index (χ0) is 13.5. The molecule has 4 nitrogen and oxygen atoms in total. The first-order valence-corrected chi connectivity index (χ1v) is 6.16. The monoisotopic (exact) mass is 264 g/mol. The molecule has 0 unspecified atom stereocenters. The maximum absolute atomic E-state index is 12.9. The third-order valence-corrected chi connectivity index (χ3v) is 3.28. The minimum absolute atomic E-state index is 0.494. The van der Waals surface area contributed by atoms with Crippen LogP contribution in [-0.4, -0.2) is 19.9 Å². The molecule has 0 radical (unpaired) electrons. The molecule has 4 heterocycles. The van der Waals surface area contributed by atoms with E-state index in [0.717, 1.165) is 33.2 Å². The van der Waals surface area contributed by atoms with E-state index in [1.165, 1.54) is 12.3 Å². The van der Waals surface area contributed by atoms with Crippen molar-refractivity contribution in [3.63, 3.8) is 0 Å². The van der Waals surface area contributed by atoms with Gasteiger partial charge in [0, 0.05) is 28.7 Å². The fourth-order valence-electron chi connectivity index (χ4n) is 2.31. The normalized spacial score (nSPS) is 11.2. The summed E-state index contributed by atoms with van der Waals surface area (Å²) in [4.78, 5) is 15.5. The van der Waals surface area contributed by atoms with E-state index in [2.05, 4.69) is 19.9 Å². The maximum atomic E-state index is 12.9. The first-order valence-electron chi connectivity index (χ1n) is 6.16. The van der Waals surface area contributed by atoms with Crippen LogP contribution < -0.4 is 0 Å². The van der Waals surface area contributed by atoms with Gasteiger partial charge >= 0.3 is 0 Å². The van der Waals surface area contributed by atoms with Crippen molar-refractivity contribution in [1.29, 1.82) is 0 Å². The van der Waals surface area contributed by atoms with E-state index >= 15 is 0 Å². The number of hydrogen-bond acceptors (Lipinski definition) is 3. The van der Waals surface area contributed by atoms with Crippen molar-refractivity contribution >= 4 is 21.9 Å². The molecule has 0 aromatic carbocycles. The van der Waals surface area contributed by atoms with Gasteiger partial charge in [-0.15, -0.1) is 0 Å². The van der Waals surface area contributed by atoms with E-state index in [-0.39, 0.29) is 0 Å². The lowest BCUT2D eigenvalue weighted by Crippen LogP contribution is -1.86. The summed E-state index contributed by atoms with van der Waals surface area (Å²) in [5, 5.41) is 2.09. The molecule has 0 bridgehead atoms. The summed E-state index contributed by atoms with van der Waals surface area (Å²) in [6.07, 6.45) is 4.99. The van der Waals surface area contributed by atoms with Crippen LogP contribution >= 0.6 is 0 Å². The highest BCUT2D eigenvalue weighted by atomic mass is 19.1. The Balaban J connectivity index is 1.97. The predicted molar refractivity (Wildman–Crippen MR) is 74.6 cm³/mol. The van der Waals surface area contributed by atoms with Gasteiger partial charge in [0.05, 0.1) is 17.4 Å². The summed E-state index contributed by atoms with van der Waals surface area (Å²) < 4.78 is 12.9. The third-order valence-electron chi connectivity index (χ3n) is 3.28. The fourth-order valence-corrected chi connectivity index (χ4v) is 2.31. The quantitative estimate of drug-likeness (QED) is 0.536. The summed E-state index contributed by atoms with van der Waals surface area (Å²) in [5.41, 5.74) is 3.30. The summed E-state index contributed by atoms with van der Waals surface area (Å²) in [6.45, 7) is 0. The molecule has 0 fully saturated rings. The van der Waals surface area contributed by atoms with Gasteiger partial charge in [0.25, 0.3) is 0 Å². The Labute approximate surface area is 113 Å². The van der Waals surface area contributed by atoms with Crippen LogP contribution in [-0.2, 0) is 0 Å². The van der Waals surface area contributed by atoms with E-state index in [9.17, 15) is 4.39 Å². The Bertz CT molecular complexity index is 912. The Morgan fingerprint density at radius 3 is 2.75 bits per heavy atom. The van der Waals surface area contributed by atoms with Crippen LogP contribution in [0.5, 0.6) is 0 Å². The van der Waals surface area contributed by atoms with Crippen LogP contribution in [0.4, 0.5) is 4.39 Å². The standard InChI is InChI=1S/C15H9FN4/c16-14-4-3-9(7-19-14)12-6-11-10-2-1-5-17-15(10)20-13(11)8-18-12/h1-8H,(H,17,20). The van der Waals surface area contributed by atoms with Gasteiger partial charge in [-0.3, -0.25) is 4.98 Å². The number of pyridine rings is 3. The van der Waals surface area contributed by atoms with Crippen LogP contribution in [0.2, 0.25) is 0 Å². The number of hydrogen-bond donors (Lipinski definition) is 1. The minimum atomic E-state index is -0.494. The lowest BCUT2D eigenvalue weighted by atomic mass is 10.1. The average molecular weight is 264 g/mol. The highest BCUT2D eigenvalue weighted by Gasteiger charge is 2.07. The molecule has 0 saturated carbocycles. The first-order chi connectivity index (χ1) is 9.81. The molecule has 0 saturated heterocycles. The second-order valence-electron chi connectivity index (χ2n) is 4.51. The van der Waals surface area contributed by atoms with E-state index in [1.807, 2.05) is 18.2 Å². The van der Waals surface area contributed by atoms with Crippen molar-refractivity contribution in [3.8, 4) is 11.3 Å². The zero-order valence-corrected chi connectivity index (χ0v) is 10.3. The van der Waals surface area contributed by atoms with Gasteiger partial charge < -0.3 is 4.98 Å². The number of nitrogens with one attached hydrogen (secondary N) is 1. The topological polar surface area (TPSA) is 54.5 Å². The molecular formula is C15H9FN4. The maximum Gasteiger partial charge on any atom is 0.212 e. The zero-order valence-electron chi connectivity index (χ0n) is 10.3. The molecule has 20 heavy (non-hydrogen) atoms. The van der Waals surface area contributed by atoms with Crippen molar-refractivity contribution in [2.24, 2.45) is 0 Å². The van der Waals surface area contributed by atoms with Crippen LogP contribution in [0, 0.1) is 5.95 Å². The summed E-state index contributed by atoms with van der Waals surface area (Å²) in [7, 11) is 0. The molecule has 0 aliphatic rings. The molecule has 0 spiro atoms. The van der Waals surface area contributed by atoms with Crippen LogP contribution in [0.3, 0.4) is 0 Å². The second-order valence-corrected chi connectivity index (χ2v) is 4.51. The highest BCUT2D eigenvalue weighted by Crippen LogP contribution is 2.27. The molecule has 0 aliphatic heterocycles. The third kappa shape index (κ3) is 1.64. The molecule has 1 N–H and O–H groups in total. The van der Waals surface area contributed by atoms with Crippen LogP contribution in [0.1, 0.15) is 0 Å². The molecular weight excluding hydrogens is 255 g/mol. The fraction of sp³-hybridized carbons (Fsp3) is 0. The van der Waals surface area contributed by atoms with Crippen molar-refractivity contribution in [1.82, 2.24) is 19.9 Å². The van der Waals surface area contributed by atoms with Crippen molar-refractivity contribution in [3.05, 3.63) is 54.9 Å². The summed E-state index contributed by atoms with van der Waals surface area (Å²) in [5.74, 6) is -0.494. The number of fused-ring (bicyclic) bond motifs is 3. The molecule has 0 aliphatic carbocycles. The van der Waals surface area contributed by atoms with Gasteiger partial charge in [0.15, 0.2) is 0 Å². The number of H-pyrrole nitrogens is 1. The molecule has 0 atom stereocenters. The average Bonchev–Trinajstić information content (AvgIpc) is 2.86. The Kier molecular flexibility index (Phi) is 2.26. The molecule has 5 heteroatoms. The summed E-state index contributed by atoms with van der Waals surface area (Å²) >= 11 is 0. The summed E-state index contributed by atoms with van der Waals surface area (Å²) in [6, 6.07) is 8.87. The van der Waals surface area contributed by atoms with Gasteiger partial charge in [0.1, 0.15) is 5.65 Å². The Morgan fingerprint density at radius 1 is 0.950 bits per heavy atom. The molecule has 96 valence electrons. The van der Waals surface area contributed by atoms with Crippen LogP contribution in [0.15, 0.2) is 48.9 Å². The van der Waals surface area contributed by atoms with Crippen molar-refractivity contribution < 1.29 is 4.39 Å². The number of halogens is 1. The minimum Gasteiger partial charge on any atom is -0.338 e. The second kappa shape index (κ2) is 4.09. The van der Waals surface area contributed by atoms with E-state index in [0.29, 0.717) is 0 Å². The molecule has 0 amide bonds. The van der Waals surface area contributed by atoms with Crippen LogP contribution in [0.25, 0.3) is 33.2 Å². The molecule has 4 aromatic heterocycles. The Morgan fingerprint density at radius 2 is 1.90 bits per heavy atom. The van der Waals surface area contributed by atoms with Gasteiger partial charge in [-0.25, -0.2) is 9.97 Å². The van der Waals surface area contributed by atoms with Gasteiger partial charge in [-0.05, 0) is 30.3 Å². The highest BCUT2D eigenvalue weighted by molar-refractivity contribution is 6.06. The lowest BCUT2D eigenvalue weighted by molar-refractivity contribution is 0.584. The Hall–Kier alpha value is -2.82. The van der Waals surface area contributed by atoms with Crippen molar-refractivity contribution in [2.45, 2.75) is 0 Å². The smallest absolute Gasteiger partial charge is 0.212 e. The number of rotatable bonds is 1. The molecule has 4 rings (SSSR count). The van der Waals surface area contributed by atoms with E-state index < -0.39 is 5.95 Å². The first kappa shape index (κ1) is 11.0. The van der Waals surface area contributed by atoms with Gasteiger partial charge in [-0.1, -0.05) is 0 Å². The number of nitrogens with zero attached hydrogens (tertiary/aromatic N) is 3. The van der Waals surface area contributed by atoms with Gasteiger partial charge in [0.2, 0.25) is 5.95 Å². The SMILES string of the molecule is Fc1ccc(-c2cc3c(cn2)[nH]c2ncccc23)cn1. The van der Waals surface area contributed by atoms with E-state index in [4.69, 9.17) is 0 Å². The lowest BCUT2D eigenvalue weighted by Gasteiger charge is -2.00.